The van der Waals surface area contributed by atoms with Gasteiger partial charge in [0.05, 0.1) is 6.54 Å². The normalized spacial score (nSPS) is 19.4. The highest BCUT2D eigenvalue weighted by atomic mass is 19.1. The van der Waals surface area contributed by atoms with E-state index < -0.39 is 5.91 Å². The molecule has 0 radical (unpaired) electrons. The van der Waals surface area contributed by atoms with Crippen molar-refractivity contribution in [3.05, 3.63) is 59.7 Å². The number of hydrogen-bond donors (Lipinski definition) is 3. The minimum Gasteiger partial charge on any atom is -0.505 e. The number of benzene rings is 1. The smallest absolute Gasteiger partial charge is 0.274 e. The van der Waals surface area contributed by atoms with Gasteiger partial charge in [0.2, 0.25) is 5.91 Å². The molecule has 2 heterocycles. The van der Waals surface area contributed by atoms with E-state index in [9.17, 15) is 19.1 Å². The summed E-state index contributed by atoms with van der Waals surface area (Å²) in [7, 11) is 0. The van der Waals surface area contributed by atoms with Crippen molar-refractivity contribution in [2.75, 3.05) is 19.6 Å². The quantitative estimate of drug-likeness (QED) is 0.742. The number of amides is 2. The predicted molar refractivity (Wildman–Crippen MR) is 91.9 cm³/mol. The van der Waals surface area contributed by atoms with Crippen LogP contribution in [0.25, 0.3) is 0 Å². The van der Waals surface area contributed by atoms with Gasteiger partial charge in [0.25, 0.3) is 5.91 Å². The monoisotopic (exact) mass is 358 g/mol. The molecule has 7 nitrogen and oxygen atoms in total. The molecule has 1 aromatic heterocycles. The first-order valence-corrected chi connectivity index (χ1v) is 8.16. The first kappa shape index (κ1) is 17.8. The van der Waals surface area contributed by atoms with E-state index >= 15 is 0 Å². The fourth-order valence-corrected chi connectivity index (χ4v) is 3.05. The van der Waals surface area contributed by atoms with Crippen LogP contribution in [0.2, 0.25) is 0 Å². The van der Waals surface area contributed by atoms with Gasteiger partial charge in [0.1, 0.15) is 11.6 Å². The van der Waals surface area contributed by atoms with Crippen LogP contribution in [-0.4, -0.2) is 52.5 Å². The van der Waals surface area contributed by atoms with E-state index in [1.807, 2.05) is 0 Å². The highest BCUT2D eigenvalue weighted by molar-refractivity contribution is 5.96. The van der Waals surface area contributed by atoms with Crippen molar-refractivity contribution < 1.29 is 19.1 Å². The Morgan fingerprint density at radius 3 is 2.85 bits per heavy atom. The summed E-state index contributed by atoms with van der Waals surface area (Å²) in [4.78, 5) is 29.7. The lowest BCUT2D eigenvalue weighted by molar-refractivity contribution is -0.129. The number of nitrogens with zero attached hydrogens (tertiary/aromatic N) is 2. The second-order valence-corrected chi connectivity index (χ2v) is 6.18. The first-order valence-electron chi connectivity index (χ1n) is 8.16. The van der Waals surface area contributed by atoms with Gasteiger partial charge in [0, 0.05) is 31.2 Å². The summed E-state index contributed by atoms with van der Waals surface area (Å²) in [6.07, 6.45) is 1.37. The van der Waals surface area contributed by atoms with Gasteiger partial charge in [-0.15, -0.1) is 0 Å². The molecular weight excluding hydrogens is 339 g/mol. The third-order valence-electron chi connectivity index (χ3n) is 4.40. The van der Waals surface area contributed by atoms with Crippen LogP contribution >= 0.6 is 0 Å². The van der Waals surface area contributed by atoms with Gasteiger partial charge < -0.3 is 21.1 Å². The lowest BCUT2D eigenvalue weighted by Gasteiger charge is -2.17. The minimum atomic E-state index is -0.637. The molecule has 136 valence electrons. The van der Waals surface area contributed by atoms with E-state index in [1.54, 1.807) is 17.0 Å². The Hall–Kier alpha value is -3.00. The van der Waals surface area contributed by atoms with Crippen LogP contribution < -0.4 is 11.1 Å². The second kappa shape index (κ2) is 7.49. The third kappa shape index (κ3) is 3.80. The zero-order chi connectivity index (χ0) is 18.7. The molecule has 2 atom stereocenters. The summed E-state index contributed by atoms with van der Waals surface area (Å²) in [6, 6.07) is 8.70. The van der Waals surface area contributed by atoms with Gasteiger partial charge in [-0.05, 0) is 29.8 Å². The van der Waals surface area contributed by atoms with Gasteiger partial charge in [-0.25, -0.2) is 9.37 Å². The van der Waals surface area contributed by atoms with Crippen LogP contribution in [0.3, 0.4) is 0 Å². The van der Waals surface area contributed by atoms with Gasteiger partial charge in [0.15, 0.2) is 5.69 Å². The molecule has 1 saturated heterocycles. The molecule has 0 spiro atoms. The van der Waals surface area contributed by atoms with Crippen molar-refractivity contribution >= 4 is 11.8 Å². The van der Waals surface area contributed by atoms with E-state index in [4.69, 9.17) is 5.73 Å². The molecule has 3 rings (SSSR count). The maximum Gasteiger partial charge on any atom is 0.274 e. The average molecular weight is 358 g/mol. The highest BCUT2D eigenvalue weighted by Crippen LogP contribution is 2.27. The summed E-state index contributed by atoms with van der Waals surface area (Å²) < 4.78 is 13.4. The van der Waals surface area contributed by atoms with E-state index in [0.29, 0.717) is 13.1 Å². The SMILES string of the molecule is N[C@@H]1CN(C(=O)CNC(=O)c2ncccc2O)C[C@H]1c1cccc(F)c1. The number of pyridine rings is 1. The molecule has 2 aromatic rings. The summed E-state index contributed by atoms with van der Waals surface area (Å²) in [5.74, 6) is -1.70. The zero-order valence-electron chi connectivity index (χ0n) is 13.9. The fourth-order valence-electron chi connectivity index (χ4n) is 3.05. The van der Waals surface area contributed by atoms with Gasteiger partial charge >= 0.3 is 0 Å². The van der Waals surface area contributed by atoms with Crippen LogP contribution in [-0.2, 0) is 4.79 Å². The van der Waals surface area contributed by atoms with Crippen molar-refractivity contribution in [3.63, 3.8) is 0 Å². The molecule has 1 aromatic carbocycles. The minimum absolute atomic E-state index is 0.143. The lowest BCUT2D eigenvalue weighted by atomic mass is 9.95. The number of aromatic nitrogens is 1. The van der Waals surface area contributed by atoms with Crippen molar-refractivity contribution in [2.24, 2.45) is 5.73 Å². The number of aromatic hydroxyl groups is 1. The van der Waals surface area contributed by atoms with Crippen molar-refractivity contribution in [2.45, 2.75) is 12.0 Å². The van der Waals surface area contributed by atoms with Crippen LogP contribution in [0, 0.1) is 5.82 Å². The van der Waals surface area contributed by atoms with Crippen LogP contribution in [0.1, 0.15) is 22.0 Å². The van der Waals surface area contributed by atoms with Gasteiger partial charge in [-0.1, -0.05) is 12.1 Å². The highest BCUT2D eigenvalue weighted by Gasteiger charge is 2.34. The average Bonchev–Trinajstić information content (AvgIpc) is 3.01. The summed E-state index contributed by atoms with van der Waals surface area (Å²) in [6.45, 7) is 0.441. The number of rotatable bonds is 4. The Morgan fingerprint density at radius 2 is 2.12 bits per heavy atom. The molecule has 0 bridgehead atoms. The largest absolute Gasteiger partial charge is 0.505 e. The summed E-state index contributed by atoms with van der Waals surface area (Å²) in [5.41, 5.74) is 6.71. The lowest BCUT2D eigenvalue weighted by Crippen LogP contribution is -2.40. The summed E-state index contributed by atoms with van der Waals surface area (Å²) in [5, 5.41) is 12.1. The Balaban J connectivity index is 1.59. The van der Waals surface area contributed by atoms with Crippen molar-refractivity contribution in [3.8, 4) is 5.75 Å². The third-order valence-corrected chi connectivity index (χ3v) is 4.40. The Kier molecular flexibility index (Phi) is 5.13. The van der Waals surface area contributed by atoms with Crippen molar-refractivity contribution in [1.29, 1.82) is 0 Å². The molecule has 26 heavy (non-hydrogen) atoms. The zero-order valence-corrected chi connectivity index (χ0v) is 13.9. The maximum absolute atomic E-state index is 13.4. The Morgan fingerprint density at radius 1 is 1.31 bits per heavy atom. The van der Waals surface area contributed by atoms with Crippen molar-refractivity contribution in [1.82, 2.24) is 15.2 Å². The molecule has 0 saturated carbocycles. The molecular formula is C18H19FN4O3. The standard InChI is InChI=1S/C18H19FN4O3/c19-12-4-1-3-11(7-12)13-9-23(10-14(13)20)16(25)8-22-18(26)17-15(24)5-2-6-21-17/h1-7,13-14,24H,8-10,20H2,(H,22,26)/t13-,14+/m0/s1. The number of nitrogens with two attached hydrogens (primary N) is 1. The predicted octanol–water partition coefficient (Wildman–Crippen LogP) is 0.609. The number of carbonyl (C=O) groups excluding carboxylic acids is 2. The van der Waals surface area contributed by atoms with E-state index in [2.05, 4.69) is 10.3 Å². The maximum atomic E-state index is 13.4. The van der Waals surface area contributed by atoms with E-state index in [0.717, 1.165) is 5.56 Å². The van der Waals surface area contributed by atoms with E-state index in [-0.39, 0.29) is 41.7 Å². The van der Waals surface area contributed by atoms with Crippen LogP contribution in [0.5, 0.6) is 5.75 Å². The molecule has 1 fully saturated rings. The van der Waals surface area contributed by atoms with E-state index in [1.165, 1.54) is 30.5 Å². The molecule has 2 amide bonds. The molecule has 4 N–H and O–H groups in total. The molecule has 1 aliphatic rings. The molecule has 0 unspecified atom stereocenters. The van der Waals surface area contributed by atoms with Gasteiger partial charge in [-0.3, -0.25) is 9.59 Å². The summed E-state index contributed by atoms with van der Waals surface area (Å²) >= 11 is 0. The molecule has 0 aliphatic carbocycles. The Bertz CT molecular complexity index is 830. The fraction of sp³-hybridized carbons (Fsp3) is 0.278. The molecule has 1 aliphatic heterocycles. The number of halogens is 1. The number of likely N-dealkylation sites (tertiary alicyclic amines) is 1. The first-order chi connectivity index (χ1) is 12.5. The Labute approximate surface area is 149 Å². The van der Waals surface area contributed by atoms with Crippen LogP contribution in [0.4, 0.5) is 4.39 Å². The van der Waals surface area contributed by atoms with Gasteiger partial charge in [-0.2, -0.15) is 0 Å². The second-order valence-electron chi connectivity index (χ2n) is 6.18. The van der Waals surface area contributed by atoms with Crippen LogP contribution in [0.15, 0.2) is 42.6 Å². The molecule has 8 heteroatoms. The number of hydrogen-bond acceptors (Lipinski definition) is 5. The number of carbonyl (C=O) groups is 2. The topological polar surface area (TPSA) is 109 Å². The number of nitrogens with one attached hydrogen (secondary N) is 1.